The number of carbonyl (C=O) groups excluding carboxylic acids is 1. The number of aliphatic hydroxyl groups excluding tert-OH is 1. The van der Waals surface area contributed by atoms with Crippen LogP contribution in [-0.4, -0.2) is 23.4 Å². The zero-order chi connectivity index (χ0) is 15.9. The molecule has 114 valence electrons. The van der Waals surface area contributed by atoms with Gasteiger partial charge in [0.1, 0.15) is 5.60 Å². The lowest BCUT2D eigenvalue weighted by molar-refractivity contribution is 0.0636. The van der Waals surface area contributed by atoms with E-state index in [-0.39, 0.29) is 6.61 Å². The van der Waals surface area contributed by atoms with E-state index in [1.54, 1.807) is 39.0 Å². The Bertz CT molecular complexity index is 553. The van der Waals surface area contributed by atoms with Gasteiger partial charge in [0.2, 0.25) is 0 Å². The largest absolute Gasteiger partial charge is 0.444 e. The second-order valence-electron chi connectivity index (χ2n) is 5.45. The van der Waals surface area contributed by atoms with Crippen molar-refractivity contribution in [2.45, 2.75) is 39.2 Å². The van der Waals surface area contributed by atoms with Crippen molar-refractivity contribution in [2.75, 3.05) is 11.9 Å². The summed E-state index contributed by atoms with van der Waals surface area (Å²) in [5.74, 6) is 5.86. The highest BCUT2D eigenvalue weighted by molar-refractivity contribution is 6.32. The molecule has 0 saturated carbocycles. The molecule has 1 rings (SSSR count). The van der Waals surface area contributed by atoms with Crippen molar-refractivity contribution < 1.29 is 14.6 Å². The molecule has 0 aliphatic heterocycles. The first-order valence-electron chi connectivity index (χ1n) is 6.71. The third-order valence-corrected chi connectivity index (χ3v) is 2.61. The van der Waals surface area contributed by atoms with Gasteiger partial charge in [-0.05, 0) is 45.4 Å². The highest BCUT2D eigenvalue weighted by Gasteiger charge is 2.16. The summed E-state index contributed by atoms with van der Waals surface area (Å²) >= 11 is 6.11. The molecule has 4 nitrogen and oxygen atoms in total. The predicted molar refractivity (Wildman–Crippen MR) is 84.5 cm³/mol. The van der Waals surface area contributed by atoms with Gasteiger partial charge in [-0.1, -0.05) is 23.4 Å². The van der Waals surface area contributed by atoms with Crippen molar-refractivity contribution >= 4 is 23.4 Å². The lowest BCUT2D eigenvalue weighted by Gasteiger charge is -2.19. The van der Waals surface area contributed by atoms with Gasteiger partial charge in [-0.3, -0.25) is 5.32 Å². The molecule has 21 heavy (non-hydrogen) atoms. The topological polar surface area (TPSA) is 58.6 Å². The molecule has 1 aromatic rings. The van der Waals surface area contributed by atoms with Crippen LogP contribution in [0.4, 0.5) is 10.5 Å². The number of aliphatic hydroxyl groups is 1. The Morgan fingerprint density at radius 2 is 2.14 bits per heavy atom. The molecule has 2 N–H and O–H groups in total. The number of rotatable bonds is 3. The zero-order valence-electron chi connectivity index (χ0n) is 12.5. The van der Waals surface area contributed by atoms with Crippen LogP contribution in [0.25, 0.3) is 0 Å². The second-order valence-corrected chi connectivity index (χ2v) is 5.86. The molecule has 1 amide bonds. The first kappa shape index (κ1) is 17.4. The number of benzene rings is 1. The van der Waals surface area contributed by atoms with Crippen LogP contribution >= 0.6 is 11.6 Å². The van der Waals surface area contributed by atoms with Crippen LogP contribution in [0.15, 0.2) is 18.2 Å². The number of hydrogen-bond acceptors (Lipinski definition) is 3. The summed E-state index contributed by atoms with van der Waals surface area (Å²) in [4.78, 5) is 11.6. The minimum Gasteiger partial charge on any atom is -0.444 e. The molecule has 0 aliphatic carbocycles. The summed E-state index contributed by atoms with van der Waals surface area (Å²) in [7, 11) is 0. The molecule has 0 saturated heterocycles. The summed E-state index contributed by atoms with van der Waals surface area (Å²) in [6.45, 7) is 5.51. The summed E-state index contributed by atoms with van der Waals surface area (Å²) < 4.78 is 5.16. The number of ether oxygens (including phenoxy) is 1. The Labute approximate surface area is 130 Å². The normalized spacial score (nSPS) is 10.5. The van der Waals surface area contributed by atoms with Gasteiger partial charge in [0.15, 0.2) is 0 Å². The maximum absolute atomic E-state index is 11.6. The van der Waals surface area contributed by atoms with E-state index >= 15 is 0 Å². The van der Waals surface area contributed by atoms with Crippen LogP contribution in [-0.2, 0) is 4.74 Å². The van der Waals surface area contributed by atoms with Gasteiger partial charge >= 0.3 is 6.09 Å². The van der Waals surface area contributed by atoms with Crippen LogP contribution < -0.4 is 5.32 Å². The highest BCUT2D eigenvalue weighted by Crippen LogP contribution is 2.21. The number of amides is 1. The van der Waals surface area contributed by atoms with Crippen molar-refractivity contribution in [2.24, 2.45) is 0 Å². The van der Waals surface area contributed by atoms with Gasteiger partial charge in [0.05, 0.1) is 5.02 Å². The molecular weight excluding hydrogens is 290 g/mol. The fraction of sp³-hybridized carbons (Fsp3) is 0.438. The van der Waals surface area contributed by atoms with Crippen molar-refractivity contribution in [1.29, 1.82) is 0 Å². The Balaban J connectivity index is 2.69. The third kappa shape index (κ3) is 7.03. The highest BCUT2D eigenvalue weighted by atomic mass is 35.5. The maximum atomic E-state index is 11.6. The number of nitrogens with one attached hydrogen (secondary N) is 1. The molecule has 0 aliphatic rings. The Morgan fingerprint density at radius 1 is 1.43 bits per heavy atom. The monoisotopic (exact) mass is 309 g/mol. The van der Waals surface area contributed by atoms with Gasteiger partial charge in [0.25, 0.3) is 0 Å². The molecular formula is C16H20ClNO3. The van der Waals surface area contributed by atoms with Gasteiger partial charge in [-0.15, -0.1) is 0 Å². The van der Waals surface area contributed by atoms with Crippen LogP contribution in [0.2, 0.25) is 5.02 Å². The summed E-state index contributed by atoms with van der Waals surface area (Å²) in [5, 5.41) is 11.7. The first-order chi connectivity index (χ1) is 9.81. The Kier molecular flexibility index (Phi) is 6.54. The average Bonchev–Trinajstić information content (AvgIpc) is 2.34. The molecule has 1 aromatic carbocycles. The fourth-order valence-electron chi connectivity index (χ4n) is 1.44. The molecule has 0 bridgehead atoms. The predicted octanol–water partition coefficient (Wildman–Crippen LogP) is 3.81. The number of anilines is 1. The number of halogens is 1. The van der Waals surface area contributed by atoms with Crippen LogP contribution in [0.1, 0.15) is 39.2 Å². The molecule has 0 heterocycles. The van der Waals surface area contributed by atoms with Gasteiger partial charge in [0, 0.05) is 24.3 Å². The molecule has 0 spiro atoms. The van der Waals surface area contributed by atoms with Crippen molar-refractivity contribution in [3.05, 3.63) is 28.8 Å². The number of hydrogen-bond donors (Lipinski definition) is 2. The quantitative estimate of drug-likeness (QED) is 0.659. The number of unbranched alkanes of at least 4 members (excludes halogenated alkanes) is 1. The van der Waals surface area contributed by atoms with Crippen molar-refractivity contribution in [1.82, 2.24) is 0 Å². The number of carbonyl (C=O) groups is 1. The van der Waals surface area contributed by atoms with E-state index in [4.69, 9.17) is 21.4 Å². The zero-order valence-corrected chi connectivity index (χ0v) is 13.3. The SMILES string of the molecule is CC(C)(C)OC(=O)Nc1ccc(C#CCCCO)c(Cl)c1. The second kappa shape index (κ2) is 7.92. The molecule has 5 heteroatoms. The van der Waals surface area contributed by atoms with E-state index in [9.17, 15) is 4.79 Å². The molecule has 0 aromatic heterocycles. The third-order valence-electron chi connectivity index (χ3n) is 2.30. The summed E-state index contributed by atoms with van der Waals surface area (Å²) in [5.41, 5.74) is 0.686. The van der Waals surface area contributed by atoms with Crippen molar-refractivity contribution in [3.63, 3.8) is 0 Å². The minimum absolute atomic E-state index is 0.126. The van der Waals surface area contributed by atoms with E-state index in [1.807, 2.05) is 0 Å². The van der Waals surface area contributed by atoms with Crippen LogP contribution in [0.5, 0.6) is 0 Å². The van der Waals surface area contributed by atoms with E-state index in [1.165, 1.54) is 0 Å². The minimum atomic E-state index is -0.550. The maximum Gasteiger partial charge on any atom is 0.412 e. The Morgan fingerprint density at radius 3 is 2.71 bits per heavy atom. The van der Waals surface area contributed by atoms with E-state index < -0.39 is 11.7 Å². The van der Waals surface area contributed by atoms with E-state index in [0.717, 1.165) is 0 Å². The van der Waals surface area contributed by atoms with Gasteiger partial charge < -0.3 is 9.84 Å². The van der Waals surface area contributed by atoms with E-state index in [2.05, 4.69) is 17.2 Å². The molecule has 0 atom stereocenters. The lowest BCUT2D eigenvalue weighted by Crippen LogP contribution is -2.27. The van der Waals surface area contributed by atoms with Gasteiger partial charge in [-0.25, -0.2) is 4.79 Å². The standard InChI is InChI=1S/C16H20ClNO3/c1-16(2,3)21-15(20)18-13-9-8-12(14(17)11-13)7-5-4-6-10-19/h8-9,11,19H,4,6,10H2,1-3H3,(H,18,20). The van der Waals surface area contributed by atoms with Crippen LogP contribution in [0.3, 0.4) is 0 Å². The molecule has 0 unspecified atom stereocenters. The van der Waals surface area contributed by atoms with Gasteiger partial charge in [-0.2, -0.15) is 0 Å². The summed E-state index contributed by atoms with van der Waals surface area (Å²) in [6, 6.07) is 5.08. The Hall–Kier alpha value is -1.70. The smallest absolute Gasteiger partial charge is 0.412 e. The lowest BCUT2D eigenvalue weighted by atomic mass is 10.2. The first-order valence-corrected chi connectivity index (χ1v) is 7.09. The summed E-state index contributed by atoms with van der Waals surface area (Å²) in [6.07, 6.45) is 0.730. The molecule has 0 fully saturated rings. The van der Waals surface area contributed by atoms with Crippen LogP contribution in [0, 0.1) is 11.8 Å². The van der Waals surface area contributed by atoms with E-state index in [0.29, 0.717) is 29.1 Å². The fourth-order valence-corrected chi connectivity index (χ4v) is 1.67. The van der Waals surface area contributed by atoms with Crippen molar-refractivity contribution in [3.8, 4) is 11.8 Å². The molecule has 0 radical (unpaired) electrons. The average molecular weight is 310 g/mol.